The van der Waals surface area contributed by atoms with Crippen LogP contribution in [0.1, 0.15) is 59.1 Å². The van der Waals surface area contributed by atoms with Crippen LogP contribution in [-0.2, 0) is 29.8 Å². The van der Waals surface area contributed by atoms with Gasteiger partial charge in [0.05, 0.1) is 33.4 Å². The molecule has 0 fully saturated rings. The van der Waals surface area contributed by atoms with Crippen LogP contribution in [0.15, 0.2) is 36.4 Å². The van der Waals surface area contributed by atoms with Crippen LogP contribution in [-0.4, -0.2) is 65.4 Å². The van der Waals surface area contributed by atoms with Gasteiger partial charge in [-0.25, -0.2) is 0 Å². The van der Waals surface area contributed by atoms with E-state index >= 15 is 0 Å². The molecule has 2 aromatic carbocycles. The summed E-state index contributed by atoms with van der Waals surface area (Å²) < 4.78 is 41.0. The van der Waals surface area contributed by atoms with Gasteiger partial charge >= 0.3 is 5.97 Å². The number of carbonyl (C=O) groups is 1. The third-order valence-corrected chi connectivity index (χ3v) is 6.33. The minimum atomic E-state index is -0.469. The first-order valence-corrected chi connectivity index (χ1v) is 13.5. The molecule has 0 radical (unpaired) electrons. The van der Waals surface area contributed by atoms with Gasteiger partial charge < -0.3 is 33.2 Å². The molecule has 0 atom stereocenters. The van der Waals surface area contributed by atoms with E-state index in [0.717, 1.165) is 11.1 Å². The van der Waals surface area contributed by atoms with Crippen LogP contribution in [0.2, 0.25) is 0 Å². The molecule has 0 saturated carbocycles. The molecule has 3 rings (SSSR count). The predicted molar refractivity (Wildman–Crippen MR) is 149 cm³/mol. The molecular formula is C31H44O8. The molecular weight excluding hydrogens is 500 g/mol. The van der Waals surface area contributed by atoms with Crippen LogP contribution in [0, 0.1) is 0 Å². The molecule has 0 unspecified atom stereocenters. The normalized spacial score (nSPS) is 16.0. The second-order valence-electron chi connectivity index (χ2n) is 11.6. The topological polar surface area (TPSA) is 81.7 Å². The summed E-state index contributed by atoms with van der Waals surface area (Å²) in [6.45, 7) is 15.0. The Kier molecular flexibility index (Phi) is 10.9. The fourth-order valence-electron chi connectivity index (χ4n) is 3.86. The zero-order valence-electron chi connectivity index (χ0n) is 24.5. The Morgan fingerprint density at radius 3 is 1.67 bits per heavy atom. The van der Waals surface area contributed by atoms with Crippen molar-refractivity contribution < 1.29 is 38.0 Å². The minimum absolute atomic E-state index is 0.0647. The monoisotopic (exact) mass is 544 g/mol. The highest BCUT2D eigenvalue weighted by Crippen LogP contribution is 2.35. The largest absolute Gasteiger partial charge is 0.487 e. The molecule has 0 N–H and O–H groups in total. The number of carbonyl (C=O) groups excluding carboxylic acids is 1. The van der Waals surface area contributed by atoms with E-state index in [-0.39, 0.29) is 43.0 Å². The van der Waals surface area contributed by atoms with Crippen molar-refractivity contribution in [1.29, 1.82) is 0 Å². The van der Waals surface area contributed by atoms with E-state index in [4.69, 9.17) is 33.2 Å². The lowest BCUT2D eigenvalue weighted by Gasteiger charge is -2.25. The van der Waals surface area contributed by atoms with E-state index in [1.54, 1.807) is 0 Å². The lowest BCUT2D eigenvalue weighted by atomic mass is 9.87. The number of esters is 1. The molecule has 0 aliphatic carbocycles. The van der Waals surface area contributed by atoms with Crippen LogP contribution in [0.5, 0.6) is 23.0 Å². The van der Waals surface area contributed by atoms with Crippen LogP contribution in [0.4, 0.5) is 0 Å². The molecule has 0 amide bonds. The van der Waals surface area contributed by atoms with Gasteiger partial charge in [-0.2, -0.15) is 0 Å². The molecule has 1 heterocycles. The van der Waals surface area contributed by atoms with Gasteiger partial charge in [0.15, 0.2) is 23.0 Å². The molecule has 8 nitrogen and oxygen atoms in total. The number of ether oxygens (including phenoxy) is 7. The summed E-state index contributed by atoms with van der Waals surface area (Å²) in [6, 6.07) is 12.0. The summed E-state index contributed by atoms with van der Waals surface area (Å²) in [5.74, 6) is 2.16. The maximum Gasteiger partial charge on any atom is 0.307 e. The minimum Gasteiger partial charge on any atom is -0.487 e. The second kappa shape index (κ2) is 13.9. The van der Waals surface area contributed by atoms with E-state index in [2.05, 4.69) is 41.5 Å². The molecule has 2 aromatic rings. The number of fused-ring (bicyclic) bond motifs is 2. The van der Waals surface area contributed by atoms with Crippen molar-refractivity contribution in [2.45, 2.75) is 64.9 Å². The van der Waals surface area contributed by atoms with Crippen LogP contribution in [0.3, 0.4) is 0 Å². The Hall–Kier alpha value is -2.97. The summed E-state index contributed by atoms with van der Waals surface area (Å²) in [7, 11) is 1.36. The van der Waals surface area contributed by atoms with Crippen molar-refractivity contribution >= 4 is 5.97 Å². The van der Waals surface area contributed by atoms with Crippen molar-refractivity contribution in [2.75, 3.05) is 53.4 Å². The standard InChI is InChI=1S/C31H44O8/c1-30(2,3)22-8-10-25-27(18-22)38-20-24(35-13-12-29(32)33-7)21-39-28-19-23(31(4,5)6)9-11-26(28)37-17-15-34-14-16-36-25/h8-11,18-19,24H,12-17,20-21H2,1-7H3. The Bertz CT molecular complexity index is 994. The van der Waals surface area contributed by atoms with E-state index in [1.165, 1.54) is 7.11 Å². The Morgan fingerprint density at radius 2 is 1.23 bits per heavy atom. The Balaban J connectivity index is 1.88. The summed E-state index contributed by atoms with van der Waals surface area (Å²) in [4.78, 5) is 11.7. The van der Waals surface area contributed by atoms with Gasteiger partial charge in [0.1, 0.15) is 32.5 Å². The Labute approximate surface area is 232 Å². The number of hydrogen-bond acceptors (Lipinski definition) is 8. The molecule has 0 aromatic heterocycles. The Morgan fingerprint density at radius 1 is 0.744 bits per heavy atom. The van der Waals surface area contributed by atoms with Gasteiger partial charge in [0.2, 0.25) is 0 Å². The first kappa shape index (κ1) is 30.6. The van der Waals surface area contributed by atoms with Crippen molar-refractivity contribution in [1.82, 2.24) is 0 Å². The summed E-state index contributed by atoms with van der Waals surface area (Å²) in [5, 5.41) is 0. The van der Waals surface area contributed by atoms with Crippen LogP contribution in [0.25, 0.3) is 0 Å². The average Bonchev–Trinajstić information content (AvgIpc) is 2.88. The fraction of sp³-hybridized carbons (Fsp3) is 0.581. The third-order valence-electron chi connectivity index (χ3n) is 6.33. The summed E-state index contributed by atoms with van der Waals surface area (Å²) in [5.41, 5.74) is 2.11. The van der Waals surface area contributed by atoms with E-state index in [0.29, 0.717) is 49.4 Å². The average molecular weight is 545 g/mol. The first-order chi connectivity index (χ1) is 18.5. The molecule has 39 heavy (non-hydrogen) atoms. The quantitative estimate of drug-likeness (QED) is 0.469. The summed E-state index contributed by atoms with van der Waals surface area (Å²) in [6.07, 6.45) is -0.336. The molecule has 1 aliphatic rings. The molecule has 0 bridgehead atoms. The van der Waals surface area contributed by atoms with Crippen molar-refractivity contribution in [2.24, 2.45) is 0 Å². The lowest BCUT2D eigenvalue weighted by Crippen LogP contribution is -2.30. The lowest BCUT2D eigenvalue weighted by molar-refractivity contribution is -0.142. The first-order valence-electron chi connectivity index (χ1n) is 13.5. The van der Waals surface area contributed by atoms with Crippen LogP contribution < -0.4 is 18.9 Å². The number of hydrogen-bond donors (Lipinski definition) is 0. The maximum absolute atomic E-state index is 11.7. The predicted octanol–water partition coefficient (Wildman–Crippen LogP) is 5.48. The highest BCUT2D eigenvalue weighted by atomic mass is 16.6. The zero-order valence-corrected chi connectivity index (χ0v) is 24.5. The molecule has 0 spiro atoms. The van der Waals surface area contributed by atoms with E-state index < -0.39 is 6.10 Å². The highest BCUT2D eigenvalue weighted by Gasteiger charge is 2.21. The zero-order chi connectivity index (χ0) is 28.5. The molecule has 0 saturated heterocycles. The van der Waals surface area contributed by atoms with Gasteiger partial charge in [-0.1, -0.05) is 53.7 Å². The number of methoxy groups -OCH3 is 1. The smallest absolute Gasteiger partial charge is 0.307 e. The number of rotatable bonds is 4. The van der Waals surface area contributed by atoms with Crippen molar-refractivity contribution in [3.63, 3.8) is 0 Å². The fourth-order valence-corrected chi connectivity index (χ4v) is 3.86. The molecule has 216 valence electrons. The highest BCUT2D eigenvalue weighted by molar-refractivity contribution is 5.69. The van der Waals surface area contributed by atoms with E-state index in [1.807, 2.05) is 36.4 Å². The molecule has 1 aliphatic heterocycles. The second-order valence-corrected chi connectivity index (χ2v) is 11.6. The van der Waals surface area contributed by atoms with Gasteiger partial charge in [-0.3, -0.25) is 4.79 Å². The van der Waals surface area contributed by atoms with Gasteiger partial charge in [0, 0.05) is 0 Å². The maximum atomic E-state index is 11.7. The van der Waals surface area contributed by atoms with Crippen molar-refractivity contribution in [3.8, 4) is 23.0 Å². The SMILES string of the molecule is COC(=O)CCOC1COc2cc(C(C)(C)C)ccc2OCCOCCOc2ccc(C(C)(C)C)cc2OC1. The van der Waals surface area contributed by atoms with Gasteiger partial charge in [0.25, 0.3) is 0 Å². The summed E-state index contributed by atoms with van der Waals surface area (Å²) >= 11 is 0. The van der Waals surface area contributed by atoms with Gasteiger partial charge in [-0.05, 0) is 46.2 Å². The number of benzene rings is 2. The van der Waals surface area contributed by atoms with Crippen molar-refractivity contribution in [3.05, 3.63) is 47.5 Å². The van der Waals surface area contributed by atoms with E-state index in [9.17, 15) is 4.79 Å². The van der Waals surface area contributed by atoms with Gasteiger partial charge in [-0.15, -0.1) is 0 Å². The molecule has 8 heteroatoms. The van der Waals surface area contributed by atoms with Crippen LogP contribution >= 0.6 is 0 Å². The third kappa shape index (κ3) is 9.62.